The Labute approximate surface area is 695 Å². The molecule has 0 saturated heterocycles. The van der Waals surface area contributed by atoms with E-state index >= 15 is 0 Å². The third-order valence-electron chi connectivity index (χ3n) is 16.6. The maximum absolute atomic E-state index is 12.1. The van der Waals surface area contributed by atoms with Crippen molar-refractivity contribution < 1.29 is 98.4 Å². The summed E-state index contributed by atoms with van der Waals surface area (Å²) in [7, 11) is 0. The first kappa shape index (κ1) is 93.7. The van der Waals surface area contributed by atoms with Gasteiger partial charge in [0.05, 0.1) is 6.54 Å². The normalized spacial score (nSPS) is 11.9. The monoisotopic (exact) mass is 2030 g/mol. The van der Waals surface area contributed by atoms with Crippen LogP contribution in [0.3, 0.4) is 0 Å². The van der Waals surface area contributed by atoms with Gasteiger partial charge in [-0.15, -0.1) is 106 Å². The Morgan fingerprint density at radius 1 is 0.405 bits per heavy atom. The van der Waals surface area contributed by atoms with Crippen molar-refractivity contribution >= 4 is 28.6 Å². The van der Waals surface area contributed by atoms with Crippen molar-refractivity contribution in [3.05, 3.63) is 333 Å². The van der Waals surface area contributed by atoms with Crippen molar-refractivity contribution in [2.45, 2.75) is 122 Å². The van der Waals surface area contributed by atoms with E-state index in [-0.39, 0.29) is 94.2 Å². The van der Waals surface area contributed by atoms with E-state index in [1.165, 1.54) is 69.6 Å². The van der Waals surface area contributed by atoms with Gasteiger partial charge in [-0.2, -0.15) is 18.3 Å². The number of nitrogens with zero attached hydrogens (tertiary/aromatic N) is 6. The summed E-state index contributed by atoms with van der Waals surface area (Å²) >= 11 is 0. The van der Waals surface area contributed by atoms with Crippen LogP contribution in [0.5, 0.6) is 0 Å². The topological polar surface area (TPSA) is 155 Å². The molecule has 3 N–H and O–H groups in total. The SMILES string of the molecule is CC(C)(C)C(=O)C=C(O)C(C)(C)C.CC(C)(C)C(=O)C=C(O)C(C)(C)C.CC(O)(Cn1cccn1)C(F)(F)F.Cc1ccc(-c2[c-]ccc(-c3ccccc3)c2)nc1.Cc1ccc(-c2[c-]ccc(-c3ccccc3)c2)nc1.[Ir].[Ir].[Ir].[c-]1ccc(-c2ccccc2)cc1-c1cc(N(c2ccccc2)c2ccccc2)ccn1. The van der Waals surface area contributed by atoms with E-state index in [2.05, 4.69) is 219 Å². The first-order valence-corrected chi connectivity index (χ1v) is 35.6. The second kappa shape index (κ2) is 43.2. The molecule has 4 heterocycles. The molecule has 585 valence electrons. The van der Waals surface area contributed by atoms with Crippen LogP contribution in [0, 0.1) is 53.7 Å². The maximum Gasteiger partial charge on any atom is 0.418 e. The van der Waals surface area contributed by atoms with Gasteiger partial charge in [-0.25, -0.2) is 0 Å². The van der Waals surface area contributed by atoms with Crippen molar-refractivity contribution in [2.75, 3.05) is 4.90 Å². The predicted molar refractivity (Wildman–Crippen MR) is 434 cm³/mol. The summed E-state index contributed by atoms with van der Waals surface area (Å²) in [4.78, 5) is 38.8. The van der Waals surface area contributed by atoms with Gasteiger partial charge in [-0.1, -0.05) is 241 Å². The summed E-state index contributed by atoms with van der Waals surface area (Å²) in [5, 5.41) is 31.7. The van der Waals surface area contributed by atoms with Crippen LogP contribution in [-0.4, -0.2) is 63.4 Å². The molecule has 17 heteroatoms. The van der Waals surface area contributed by atoms with E-state index < -0.39 is 29.2 Å². The number of halogens is 3. The molecule has 11 nitrogen and oxygen atoms in total. The molecular weight excluding hydrogens is 1930 g/mol. The molecule has 4 aromatic heterocycles. The largest absolute Gasteiger partial charge is 0.512 e. The molecule has 0 saturated carbocycles. The summed E-state index contributed by atoms with van der Waals surface area (Å²) in [6.45, 7) is 26.4. The second-order valence-corrected chi connectivity index (χ2v) is 30.2. The molecule has 111 heavy (non-hydrogen) atoms. The average molecular weight is 2030 g/mol. The molecular formula is C94H98F3Ir3N6O5-3. The van der Waals surface area contributed by atoms with E-state index in [9.17, 15) is 33.0 Å². The summed E-state index contributed by atoms with van der Waals surface area (Å²) in [6, 6.07) is 94.2. The van der Waals surface area contributed by atoms with Crippen LogP contribution >= 0.6 is 0 Å². The second-order valence-electron chi connectivity index (χ2n) is 30.2. The quantitative estimate of drug-likeness (QED) is 0.0577. The number of aliphatic hydroxyl groups excluding tert-OH is 2. The minimum absolute atomic E-state index is 0. The van der Waals surface area contributed by atoms with Crippen molar-refractivity contribution in [1.29, 1.82) is 0 Å². The number of aliphatic hydroxyl groups is 3. The number of hydrogen-bond donors (Lipinski definition) is 3. The summed E-state index contributed by atoms with van der Waals surface area (Å²) < 4.78 is 37.4. The zero-order valence-corrected chi connectivity index (χ0v) is 72.6. The van der Waals surface area contributed by atoms with Gasteiger partial charge in [0.1, 0.15) is 11.5 Å². The Morgan fingerprint density at radius 2 is 0.748 bits per heavy atom. The molecule has 12 rings (SSSR count). The number of carbonyl (C=O) groups excluding carboxylic acids is 2. The van der Waals surface area contributed by atoms with E-state index in [0.29, 0.717) is 6.92 Å². The van der Waals surface area contributed by atoms with E-state index in [1.54, 1.807) is 0 Å². The molecule has 0 aliphatic carbocycles. The molecule has 0 bridgehead atoms. The summed E-state index contributed by atoms with van der Waals surface area (Å²) in [5.74, 6) is 0.208. The molecule has 1 atom stereocenters. The smallest absolute Gasteiger partial charge is 0.418 e. The number of aromatic nitrogens is 5. The molecule has 0 aliphatic heterocycles. The third-order valence-corrected chi connectivity index (χ3v) is 16.6. The minimum Gasteiger partial charge on any atom is -0.512 e. The summed E-state index contributed by atoms with van der Waals surface area (Å²) in [6.07, 6.45) is 6.38. The maximum atomic E-state index is 12.1. The van der Waals surface area contributed by atoms with Gasteiger partial charge in [0, 0.05) is 142 Å². The third kappa shape index (κ3) is 30.2. The van der Waals surface area contributed by atoms with Gasteiger partial charge >= 0.3 is 6.18 Å². The fraction of sp³-hybridized carbons (Fsp3) is 0.234. The number of pyridine rings is 3. The fourth-order valence-electron chi connectivity index (χ4n) is 9.75. The number of hydrogen-bond acceptors (Lipinski definition) is 10. The molecule has 0 aliphatic rings. The predicted octanol–water partition coefficient (Wildman–Crippen LogP) is 24.1. The van der Waals surface area contributed by atoms with Crippen molar-refractivity contribution in [1.82, 2.24) is 24.7 Å². The fourth-order valence-corrected chi connectivity index (χ4v) is 9.75. The van der Waals surface area contributed by atoms with Gasteiger partial charge in [-0.3, -0.25) is 14.3 Å². The number of anilines is 3. The van der Waals surface area contributed by atoms with Crippen LogP contribution in [0.1, 0.15) is 101 Å². The zero-order chi connectivity index (χ0) is 78.9. The van der Waals surface area contributed by atoms with Gasteiger partial charge in [0.25, 0.3) is 0 Å². The number of carbonyl (C=O) groups is 2. The molecule has 0 spiro atoms. The van der Waals surface area contributed by atoms with Crippen molar-refractivity contribution in [3.8, 4) is 67.2 Å². The van der Waals surface area contributed by atoms with Gasteiger partial charge in [0.15, 0.2) is 17.2 Å². The number of para-hydroxylation sites is 2. The van der Waals surface area contributed by atoms with E-state index in [1.807, 2.05) is 182 Å². The number of rotatable bonds is 13. The van der Waals surface area contributed by atoms with E-state index in [4.69, 9.17) is 5.11 Å². The van der Waals surface area contributed by atoms with Crippen LogP contribution in [0.25, 0.3) is 67.2 Å². The molecule has 3 radical (unpaired) electrons. The van der Waals surface area contributed by atoms with Crippen LogP contribution in [0.15, 0.2) is 303 Å². The Balaban J connectivity index is 0.000000290. The molecule has 8 aromatic carbocycles. The van der Waals surface area contributed by atoms with Crippen molar-refractivity contribution in [2.24, 2.45) is 21.7 Å². The number of allylic oxidation sites excluding steroid dienone is 4. The van der Waals surface area contributed by atoms with Gasteiger partial charge < -0.3 is 35.2 Å². The van der Waals surface area contributed by atoms with Crippen LogP contribution < -0.4 is 4.90 Å². The Bertz CT molecular complexity index is 4610. The number of ketones is 2. The van der Waals surface area contributed by atoms with Gasteiger partial charge in [0.2, 0.25) is 0 Å². The Kier molecular flexibility index (Phi) is 36.5. The summed E-state index contributed by atoms with van der Waals surface area (Å²) in [5.41, 5.74) is 14.3. The van der Waals surface area contributed by atoms with Crippen molar-refractivity contribution in [3.63, 3.8) is 0 Å². The molecule has 0 fully saturated rings. The number of benzene rings is 8. The Hall–Kier alpha value is -9.66. The van der Waals surface area contributed by atoms with Crippen LogP contribution in [0.4, 0.5) is 30.2 Å². The molecule has 12 aromatic rings. The first-order valence-electron chi connectivity index (χ1n) is 35.6. The Morgan fingerprint density at radius 3 is 1.05 bits per heavy atom. The number of aryl methyl sites for hydroxylation is 2. The number of alkyl halides is 3. The standard InChI is InChI=1S/C29H21N2.2C18H14N.2C11H20O2.C7H9F3N2O.3Ir/c1-4-11-23(12-5-1)24-13-10-14-25(21-24)29-22-28(19-20-30-29)31(26-15-6-2-7-16-26)27-17-8-3-9-18-27;2*1-14-10-11-18(19-13-14)17-9-5-8-16(12-17)15-6-3-2-4-7-15;2*1-10(2,3)8(12)7-9(13)11(4,5)6;1-6(13,7(8,9)10)5-12-4-2-3-11-12;;;/h1-13,15-22H;2*2-8,10-13H,1H3;2*7,12H,1-6H3;2-4,13H,5H2,1H3;;;/q3*-1;;;;;;. The van der Waals surface area contributed by atoms with Crippen LogP contribution in [0.2, 0.25) is 0 Å². The molecule has 1 unspecified atom stereocenters. The van der Waals surface area contributed by atoms with Crippen LogP contribution in [-0.2, 0) is 76.4 Å². The zero-order valence-electron chi connectivity index (χ0n) is 65.4. The van der Waals surface area contributed by atoms with E-state index in [0.717, 1.165) is 61.1 Å². The molecule has 0 amide bonds. The first-order chi connectivity index (χ1) is 51.0. The van der Waals surface area contributed by atoms with Gasteiger partial charge in [-0.05, 0) is 102 Å². The average Bonchev–Trinajstić information content (AvgIpc) is 1.14. The minimum atomic E-state index is -4.64.